The molecule has 6 heteroatoms. The van der Waals surface area contributed by atoms with Crippen LogP contribution in [0.3, 0.4) is 0 Å². The molecule has 0 spiro atoms. The summed E-state index contributed by atoms with van der Waals surface area (Å²) in [6.45, 7) is 0. The minimum atomic E-state index is -0.273. The summed E-state index contributed by atoms with van der Waals surface area (Å²) >= 11 is 1.61. The summed E-state index contributed by atoms with van der Waals surface area (Å²) in [5, 5.41) is 4.77. The van der Waals surface area contributed by atoms with Crippen LogP contribution < -0.4 is 17.0 Å². The van der Waals surface area contributed by atoms with Crippen molar-refractivity contribution in [2.24, 2.45) is 0 Å². The van der Waals surface area contributed by atoms with Crippen molar-refractivity contribution < 1.29 is 21.4 Å². The molecule has 5 aromatic rings. The molecule has 0 bridgehead atoms. The van der Waals surface area contributed by atoms with Crippen LogP contribution in [-0.4, -0.2) is 32.4 Å². The summed E-state index contributed by atoms with van der Waals surface area (Å²) in [7, 11) is 0. The van der Waals surface area contributed by atoms with Crippen LogP contribution in [0.25, 0.3) is 37.7 Å². The van der Waals surface area contributed by atoms with Crippen LogP contribution in [0.4, 0.5) is 4.39 Å². The Bertz CT molecular complexity index is 1140. The quantitative estimate of drug-likeness (QED) is 0.220. The molecule has 0 aliphatic rings. The van der Waals surface area contributed by atoms with E-state index in [2.05, 4.69) is 16.5 Å². The van der Waals surface area contributed by atoms with Crippen LogP contribution in [0, 0.1) is 11.9 Å². The van der Waals surface area contributed by atoms with Crippen LogP contribution in [-0.2, 0) is 0 Å². The van der Waals surface area contributed by atoms with E-state index in [0.717, 1.165) is 37.7 Å². The van der Waals surface area contributed by atoms with Crippen molar-refractivity contribution in [1.29, 1.82) is 0 Å². The summed E-state index contributed by atoms with van der Waals surface area (Å²) < 4.78 is 15.8. The summed E-state index contributed by atoms with van der Waals surface area (Å²) in [6.07, 6.45) is 0. The van der Waals surface area contributed by atoms with Gasteiger partial charge < -0.3 is 21.4 Å². The molecule has 108 valence electrons. The summed E-state index contributed by atoms with van der Waals surface area (Å²) in [5.74, 6) is -0.273. The van der Waals surface area contributed by atoms with Crippen molar-refractivity contribution in [2.45, 2.75) is 0 Å². The SMILES string of the molecule is Fc1c[c-]c2c(c1)c1ccccc1n1c3ccsc3nc21.[Br-].[Mg+2]. The van der Waals surface area contributed by atoms with Gasteiger partial charge in [0.25, 0.3) is 0 Å². The number of aromatic nitrogens is 2. The molecule has 0 unspecified atom stereocenters. The maximum Gasteiger partial charge on any atom is 2.00 e. The molecule has 3 aromatic heterocycles. The van der Waals surface area contributed by atoms with Gasteiger partial charge >= 0.3 is 23.1 Å². The number of para-hydroxylation sites is 1. The van der Waals surface area contributed by atoms with E-state index in [9.17, 15) is 4.39 Å². The number of rotatable bonds is 0. The predicted molar refractivity (Wildman–Crippen MR) is 90.1 cm³/mol. The van der Waals surface area contributed by atoms with Crippen molar-refractivity contribution in [3.63, 3.8) is 0 Å². The standard InChI is InChI=1S/C17H8FN2S.BrH.Mg/c18-10-5-6-12-13(9-10)11-3-1-2-4-14(11)20-15-7-8-21-17(15)19-16(12)20;;/h1-5,7-9H;1H;/q-1;;+2/p-1. The second-order valence-corrected chi connectivity index (χ2v) is 5.90. The zero-order valence-corrected chi connectivity index (χ0v) is 15.7. The van der Waals surface area contributed by atoms with Crippen LogP contribution in [0.1, 0.15) is 0 Å². The van der Waals surface area contributed by atoms with E-state index < -0.39 is 0 Å². The number of thiophene rings is 1. The van der Waals surface area contributed by atoms with E-state index >= 15 is 0 Å². The third kappa shape index (κ3) is 2.27. The average Bonchev–Trinajstić information content (AvgIpc) is 3.08. The van der Waals surface area contributed by atoms with Gasteiger partial charge in [0.05, 0.1) is 11.2 Å². The molecule has 5 rings (SSSR count). The molecule has 0 atom stereocenters. The molecular formula is C17H8BrFMgN2S. The summed E-state index contributed by atoms with van der Waals surface area (Å²) in [6, 6.07) is 16.1. The van der Waals surface area contributed by atoms with Crippen LogP contribution in [0.15, 0.2) is 47.8 Å². The van der Waals surface area contributed by atoms with E-state index in [0.29, 0.717) is 0 Å². The maximum absolute atomic E-state index is 13.7. The normalized spacial score (nSPS) is 11.0. The second-order valence-electron chi connectivity index (χ2n) is 5.01. The van der Waals surface area contributed by atoms with Gasteiger partial charge in [-0.05, 0) is 22.9 Å². The third-order valence-corrected chi connectivity index (χ3v) is 4.65. The van der Waals surface area contributed by atoms with Gasteiger partial charge in [0, 0.05) is 11.3 Å². The molecule has 3 heterocycles. The van der Waals surface area contributed by atoms with Crippen LogP contribution in [0.5, 0.6) is 0 Å². The number of nitrogens with zero attached hydrogens (tertiary/aromatic N) is 2. The van der Waals surface area contributed by atoms with E-state index in [1.54, 1.807) is 17.4 Å². The Morgan fingerprint density at radius 1 is 1.09 bits per heavy atom. The Morgan fingerprint density at radius 2 is 1.91 bits per heavy atom. The number of pyridine rings is 1. The Hall–Kier alpha value is -1.21. The van der Waals surface area contributed by atoms with Gasteiger partial charge in [0.2, 0.25) is 0 Å². The van der Waals surface area contributed by atoms with Crippen molar-refractivity contribution in [2.75, 3.05) is 0 Å². The summed E-state index contributed by atoms with van der Waals surface area (Å²) in [4.78, 5) is 5.70. The van der Waals surface area contributed by atoms with E-state index in [1.807, 2.05) is 29.6 Å². The predicted octanol–water partition coefficient (Wildman–Crippen LogP) is 1.42. The molecule has 0 aliphatic carbocycles. The molecular weight excluding hydrogens is 387 g/mol. The zero-order chi connectivity index (χ0) is 14.0. The maximum atomic E-state index is 13.7. The first-order chi connectivity index (χ1) is 10.3. The molecule has 2 nitrogen and oxygen atoms in total. The molecule has 0 N–H and O–H groups in total. The Kier molecular flexibility index (Phi) is 4.35. The van der Waals surface area contributed by atoms with Gasteiger partial charge in [0.1, 0.15) is 4.83 Å². The number of imidazole rings is 1. The van der Waals surface area contributed by atoms with E-state index in [4.69, 9.17) is 4.98 Å². The first-order valence-electron chi connectivity index (χ1n) is 6.60. The number of halogens is 2. The largest absolute Gasteiger partial charge is 2.00 e. The van der Waals surface area contributed by atoms with Gasteiger partial charge in [-0.1, -0.05) is 29.0 Å². The first kappa shape index (κ1) is 16.6. The van der Waals surface area contributed by atoms with Crippen molar-refractivity contribution in [3.8, 4) is 0 Å². The van der Waals surface area contributed by atoms with Gasteiger partial charge in [-0.15, -0.1) is 29.5 Å². The number of hydrogen-bond donors (Lipinski definition) is 0. The molecule has 0 radical (unpaired) electrons. The zero-order valence-electron chi connectivity index (χ0n) is 11.9. The van der Waals surface area contributed by atoms with Crippen molar-refractivity contribution in [1.82, 2.24) is 9.38 Å². The van der Waals surface area contributed by atoms with Crippen molar-refractivity contribution in [3.05, 3.63) is 59.7 Å². The van der Waals surface area contributed by atoms with Gasteiger partial charge in [-0.25, -0.2) is 0 Å². The molecule has 0 aliphatic heterocycles. The smallest absolute Gasteiger partial charge is 1.00 e. The second kappa shape index (κ2) is 6.01. The Balaban J connectivity index is 0.000000781. The number of benzene rings is 2. The van der Waals surface area contributed by atoms with Crippen LogP contribution in [0.2, 0.25) is 0 Å². The minimum absolute atomic E-state index is 0. The van der Waals surface area contributed by atoms with Crippen LogP contribution >= 0.6 is 11.3 Å². The molecule has 0 saturated heterocycles. The van der Waals surface area contributed by atoms with Crippen molar-refractivity contribution >= 4 is 72.1 Å². The summed E-state index contributed by atoms with van der Waals surface area (Å²) in [5.41, 5.74) is 2.97. The van der Waals surface area contributed by atoms with Gasteiger partial charge in [0.15, 0.2) is 0 Å². The first-order valence-corrected chi connectivity index (χ1v) is 7.48. The fraction of sp³-hybridized carbons (Fsp3) is 0. The number of hydrogen-bond acceptors (Lipinski definition) is 2. The molecule has 23 heavy (non-hydrogen) atoms. The third-order valence-electron chi connectivity index (χ3n) is 3.85. The van der Waals surface area contributed by atoms with Gasteiger partial charge in [-0.2, -0.15) is 0 Å². The molecule has 2 aromatic carbocycles. The Labute approximate surface area is 161 Å². The molecule has 0 fully saturated rings. The fourth-order valence-corrected chi connectivity index (χ4v) is 3.73. The average molecular weight is 396 g/mol. The van der Waals surface area contributed by atoms with E-state index in [-0.39, 0.29) is 45.9 Å². The molecule has 0 amide bonds. The van der Waals surface area contributed by atoms with E-state index in [1.165, 1.54) is 6.07 Å². The topological polar surface area (TPSA) is 17.3 Å². The number of fused-ring (bicyclic) bond motifs is 8. The Morgan fingerprint density at radius 3 is 2.78 bits per heavy atom. The fourth-order valence-electron chi connectivity index (χ4n) is 2.98. The minimum Gasteiger partial charge on any atom is -1.00 e. The van der Waals surface area contributed by atoms with Gasteiger partial charge in [-0.3, -0.25) is 9.37 Å². The molecule has 0 saturated carbocycles. The monoisotopic (exact) mass is 394 g/mol.